The molecule has 0 spiro atoms. The van der Waals surface area contributed by atoms with Gasteiger partial charge in [-0.25, -0.2) is 4.68 Å². The SMILES string of the molecule is Clc1cc2cnn(-c3cnn(C4CC4)c3)c2cc1N1CC[C@H]2NCCO[C@@H]2C1. The van der Waals surface area contributed by atoms with Crippen LogP contribution < -0.4 is 10.2 Å². The van der Waals surface area contributed by atoms with E-state index >= 15 is 0 Å². The van der Waals surface area contributed by atoms with E-state index in [1.165, 1.54) is 12.8 Å². The third-order valence-electron chi connectivity index (χ3n) is 6.13. The van der Waals surface area contributed by atoms with Gasteiger partial charge >= 0.3 is 0 Å². The van der Waals surface area contributed by atoms with Crippen molar-refractivity contribution < 1.29 is 4.74 Å². The molecule has 1 aliphatic carbocycles. The number of aromatic nitrogens is 4. The number of benzene rings is 1. The summed E-state index contributed by atoms with van der Waals surface area (Å²) in [4.78, 5) is 2.35. The Morgan fingerprint density at radius 3 is 2.96 bits per heavy atom. The first kappa shape index (κ1) is 16.8. The fourth-order valence-corrected chi connectivity index (χ4v) is 4.74. The lowest BCUT2D eigenvalue weighted by Gasteiger charge is -2.42. The third kappa shape index (κ3) is 2.80. The lowest BCUT2D eigenvalue weighted by molar-refractivity contribution is -0.00902. The van der Waals surface area contributed by atoms with Crippen LogP contribution in [0.25, 0.3) is 16.6 Å². The van der Waals surface area contributed by atoms with Gasteiger partial charge in [-0.3, -0.25) is 4.68 Å². The van der Waals surface area contributed by atoms with Crippen molar-refractivity contribution in [2.45, 2.75) is 37.5 Å². The van der Waals surface area contributed by atoms with Crippen molar-refractivity contribution in [2.75, 3.05) is 31.1 Å². The minimum Gasteiger partial charge on any atom is -0.373 e. The standard InChI is InChI=1S/C20H23ClN6O/c21-16-7-13-9-24-27(15-10-23-26(11-15)14-1-2-14)18(13)8-19(16)25-5-3-17-20(12-25)28-6-4-22-17/h7-11,14,17,20,22H,1-6,12H2/t17-,20-/m1/s1. The molecule has 3 aliphatic rings. The molecule has 2 saturated heterocycles. The van der Waals surface area contributed by atoms with Gasteiger partial charge in [-0.2, -0.15) is 10.2 Å². The fourth-order valence-electron chi connectivity index (χ4n) is 4.45. The smallest absolute Gasteiger partial charge is 0.103 e. The zero-order valence-corrected chi connectivity index (χ0v) is 16.3. The Labute approximate surface area is 168 Å². The second kappa shape index (κ2) is 6.47. The number of ether oxygens (including phenoxy) is 1. The lowest BCUT2D eigenvalue weighted by Crippen LogP contribution is -2.57. The molecule has 7 nitrogen and oxygen atoms in total. The van der Waals surface area contributed by atoms with E-state index in [9.17, 15) is 0 Å². The minimum atomic E-state index is 0.218. The van der Waals surface area contributed by atoms with Crippen LogP contribution in [0.4, 0.5) is 5.69 Å². The monoisotopic (exact) mass is 398 g/mol. The molecule has 2 aromatic heterocycles. The van der Waals surface area contributed by atoms with E-state index in [1.807, 2.05) is 23.1 Å². The number of morpholine rings is 1. The van der Waals surface area contributed by atoms with Crippen molar-refractivity contribution in [3.8, 4) is 5.69 Å². The Bertz CT molecular complexity index is 1030. The van der Waals surface area contributed by atoms with Gasteiger partial charge in [0.2, 0.25) is 0 Å². The molecular weight excluding hydrogens is 376 g/mol. The normalized spacial score (nSPS) is 25.2. The highest BCUT2D eigenvalue weighted by atomic mass is 35.5. The number of halogens is 1. The maximum absolute atomic E-state index is 6.67. The quantitative estimate of drug-likeness (QED) is 0.735. The summed E-state index contributed by atoms with van der Waals surface area (Å²) in [5, 5.41) is 14.5. The van der Waals surface area contributed by atoms with Crippen LogP contribution in [0, 0.1) is 0 Å². The fraction of sp³-hybridized carbons (Fsp3) is 0.500. The number of piperidine rings is 1. The Balaban J connectivity index is 1.35. The van der Waals surface area contributed by atoms with Crippen molar-refractivity contribution in [3.63, 3.8) is 0 Å². The molecule has 0 bridgehead atoms. The summed E-state index contributed by atoms with van der Waals surface area (Å²) in [6, 6.07) is 5.19. The van der Waals surface area contributed by atoms with Crippen LogP contribution in [0.5, 0.6) is 0 Å². The highest BCUT2D eigenvalue weighted by Gasteiger charge is 2.33. The van der Waals surface area contributed by atoms with Crippen LogP contribution >= 0.6 is 11.6 Å². The van der Waals surface area contributed by atoms with Gasteiger partial charge in [0, 0.05) is 31.1 Å². The van der Waals surface area contributed by atoms with Gasteiger partial charge in [0.05, 0.1) is 53.6 Å². The topological polar surface area (TPSA) is 60.1 Å². The van der Waals surface area contributed by atoms with Crippen LogP contribution in [0.15, 0.2) is 30.7 Å². The Morgan fingerprint density at radius 2 is 2.07 bits per heavy atom. The number of fused-ring (bicyclic) bond motifs is 2. The summed E-state index contributed by atoms with van der Waals surface area (Å²) in [6.07, 6.45) is 9.57. The molecule has 2 atom stereocenters. The first-order chi connectivity index (χ1) is 13.8. The summed E-state index contributed by atoms with van der Waals surface area (Å²) in [5.74, 6) is 0. The van der Waals surface area contributed by atoms with Gasteiger partial charge in [-0.1, -0.05) is 11.6 Å². The van der Waals surface area contributed by atoms with Crippen molar-refractivity contribution >= 4 is 28.2 Å². The van der Waals surface area contributed by atoms with Crippen molar-refractivity contribution in [1.29, 1.82) is 0 Å². The molecule has 1 aromatic carbocycles. The molecule has 3 aromatic rings. The average Bonchev–Trinajstić information content (AvgIpc) is 3.31. The van der Waals surface area contributed by atoms with E-state index in [4.69, 9.17) is 16.3 Å². The predicted molar refractivity (Wildman–Crippen MR) is 108 cm³/mol. The molecule has 6 rings (SSSR count). The highest BCUT2D eigenvalue weighted by molar-refractivity contribution is 6.34. The second-order valence-electron chi connectivity index (χ2n) is 8.03. The molecule has 3 fully saturated rings. The van der Waals surface area contributed by atoms with Crippen LogP contribution in [-0.4, -0.2) is 57.9 Å². The number of anilines is 1. The van der Waals surface area contributed by atoms with Crippen LogP contribution in [0.1, 0.15) is 25.3 Å². The zero-order chi connectivity index (χ0) is 18.7. The van der Waals surface area contributed by atoms with E-state index < -0.39 is 0 Å². The summed E-state index contributed by atoms with van der Waals surface area (Å²) >= 11 is 6.67. The first-order valence-corrected chi connectivity index (χ1v) is 10.5. The number of nitrogens with zero attached hydrogens (tertiary/aromatic N) is 5. The first-order valence-electron chi connectivity index (χ1n) is 10.1. The molecule has 0 unspecified atom stereocenters. The van der Waals surface area contributed by atoms with E-state index in [0.717, 1.165) is 60.0 Å². The summed E-state index contributed by atoms with van der Waals surface area (Å²) in [7, 11) is 0. The van der Waals surface area contributed by atoms with Gasteiger partial charge in [0.25, 0.3) is 0 Å². The maximum Gasteiger partial charge on any atom is 0.103 e. The second-order valence-corrected chi connectivity index (χ2v) is 8.44. The van der Waals surface area contributed by atoms with Gasteiger partial charge in [0.1, 0.15) is 5.69 Å². The van der Waals surface area contributed by atoms with E-state index in [0.29, 0.717) is 12.1 Å². The Kier molecular flexibility index (Phi) is 3.89. The van der Waals surface area contributed by atoms with Gasteiger partial charge in [0.15, 0.2) is 0 Å². The lowest BCUT2D eigenvalue weighted by atomic mass is 9.99. The highest BCUT2D eigenvalue weighted by Crippen LogP contribution is 2.36. The molecule has 1 saturated carbocycles. The van der Waals surface area contributed by atoms with Crippen LogP contribution in [0.3, 0.4) is 0 Å². The summed E-state index contributed by atoms with van der Waals surface area (Å²) in [5.41, 5.74) is 3.10. The van der Waals surface area contributed by atoms with E-state index in [-0.39, 0.29) is 6.10 Å². The van der Waals surface area contributed by atoms with Crippen LogP contribution in [-0.2, 0) is 4.74 Å². The Morgan fingerprint density at radius 1 is 1.14 bits per heavy atom. The molecule has 28 heavy (non-hydrogen) atoms. The van der Waals surface area contributed by atoms with Gasteiger partial charge < -0.3 is 15.0 Å². The third-order valence-corrected chi connectivity index (χ3v) is 6.43. The van der Waals surface area contributed by atoms with E-state index in [2.05, 4.69) is 37.4 Å². The number of rotatable bonds is 3. The molecule has 2 aliphatic heterocycles. The van der Waals surface area contributed by atoms with Gasteiger partial charge in [-0.15, -0.1) is 0 Å². The number of nitrogens with one attached hydrogen (secondary N) is 1. The number of hydrogen-bond acceptors (Lipinski definition) is 5. The molecule has 4 heterocycles. The number of hydrogen-bond donors (Lipinski definition) is 1. The molecule has 0 amide bonds. The summed E-state index contributed by atoms with van der Waals surface area (Å²) in [6.45, 7) is 3.55. The molecule has 146 valence electrons. The Hall–Kier alpha value is -2.09. The molecule has 0 radical (unpaired) electrons. The molecule has 8 heteroatoms. The largest absolute Gasteiger partial charge is 0.373 e. The average molecular weight is 399 g/mol. The molecule has 1 N–H and O–H groups in total. The van der Waals surface area contributed by atoms with Crippen molar-refractivity contribution in [2.24, 2.45) is 0 Å². The zero-order valence-electron chi connectivity index (χ0n) is 15.6. The van der Waals surface area contributed by atoms with E-state index in [1.54, 1.807) is 0 Å². The predicted octanol–water partition coefficient (Wildman–Crippen LogP) is 2.78. The summed E-state index contributed by atoms with van der Waals surface area (Å²) < 4.78 is 10.0. The van der Waals surface area contributed by atoms with Crippen molar-refractivity contribution in [1.82, 2.24) is 24.9 Å². The minimum absolute atomic E-state index is 0.218. The molecular formula is C20H23ClN6O. The van der Waals surface area contributed by atoms with Crippen LogP contribution in [0.2, 0.25) is 5.02 Å². The van der Waals surface area contributed by atoms with Crippen molar-refractivity contribution in [3.05, 3.63) is 35.7 Å². The van der Waals surface area contributed by atoms with Gasteiger partial charge in [-0.05, 0) is 31.4 Å². The maximum atomic E-state index is 6.67.